The number of pyridine rings is 1. The quantitative estimate of drug-likeness (QED) is 0.720. The highest BCUT2D eigenvalue weighted by Crippen LogP contribution is 2.21. The van der Waals surface area contributed by atoms with Gasteiger partial charge in [0.1, 0.15) is 0 Å². The molecule has 0 saturated carbocycles. The first-order chi connectivity index (χ1) is 8.78. The molecule has 0 atom stereocenters. The van der Waals surface area contributed by atoms with Crippen LogP contribution in [0, 0.1) is 0 Å². The van der Waals surface area contributed by atoms with Crippen molar-refractivity contribution in [1.29, 1.82) is 0 Å². The molecular weight excluding hydrogens is 290 g/mol. The highest BCUT2D eigenvalue weighted by Gasteiger charge is 2.07. The highest BCUT2D eigenvalue weighted by molar-refractivity contribution is 9.10. The summed E-state index contributed by atoms with van der Waals surface area (Å²) in [5, 5.41) is 8.38. The summed E-state index contributed by atoms with van der Waals surface area (Å²) in [5.74, 6) is 0.835. The van der Waals surface area contributed by atoms with E-state index in [1.54, 1.807) is 0 Å². The van der Waals surface area contributed by atoms with E-state index in [1.165, 1.54) is 0 Å². The molecule has 1 aromatic carbocycles. The highest BCUT2D eigenvalue weighted by atomic mass is 79.9. The van der Waals surface area contributed by atoms with Crippen molar-refractivity contribution in [3.63, 3.8) is 0 Å². The Morgan fingerprint density at radius 2 is 1.83 bits per heavy atom. The van der Waals surface area contributed by atoms with E-state index in [0.29, 0.717) is 0 Å². The molecule has 3 nitrogen and oxygen atoms in total. The van der Waals surface area contributed by atoms with Crippen molar-refractivity contribution in [2.75, 3.05) is 0 Å². The molecule has 18 heavy (non-hydrogen) atoms. The number of aromatic nitrogens is 3. The van der Waals surface area contributed by atoms with E-state index in [-0.39, 0.29) is 0 Å². The zero-order chi connectivity index (χ0) is 12.5. The van der Waals surface area contributed by atoms with Crippen molar-refractivity contribution in [3.8, 4) is 11.4 Å². The van der Waals surface area contributed by atoms with Crippen molar-refractivity contribution in [2.45, 2.75) is 0 Å². The zero-order valence-electron chi connectivity index (χ0n) is 9.55. The van der Waals surface area contributed by atoms with Crippen LogP contribution < -0.4 is 0 Å². The van der Waals surface area contributed by atoms with E-state index < -0.39 is 0 Å². The van der Waals surface area contributed by atoms with Gasteiger partial charge in [0, 0.05) is 16.2 Å². The van der Waals surface area contributed by atoms with Crippen LogP contribution in [0.1, 0.15) is 5.56 Å². The Morgan fingerprint density at radius 1 is 1.06 bits per heavy atom. The Balaban J connectivity index is 2.18. The summed E-state index contributed by atoms with van der Waals surface area (Å²) in [6, 6.07) is 12.0. The molecule has 0 amide bonds. The standard InChI is InChI=1S/C14H10BrN3/c1-2-10-3-5-11(6-4-10)14-17-16-13-8-7-12(15)9-18(13)14/h2-9H,1H2. The van der Waals surface area contributed by atoms with Crippen LogP contribution >= 0.6 is 15.9 Å². The van der Waals surface area contributed by atoms with Gasteiger partial charge in [-0.1, -0.05) is 36.9 Å². The van der Waals surface area contributed by atoms with Gasteiger partial charge in [0.15, 0.2) is 11.5 Å². The van der Waals surface area contributed by atoms with Gasteiger partial charge in [-0.15, -0.1) is 10.2 Å². The van der Waals surface area contributed by atoms with Crippen LogP contribution in [0.5, 0.6) is 0 Å². The van der Waals surface area contributed by atoms with Crippen LogP contribution in [0.3, 0.4) is 0 Å². The topological polar surface area (TPSA) is 30.2 Å². The molecule has 4 heteroatoms. The van der Waals surface area contributed by atoms with E-state index >= 15 is 0 Å². The van der Waals surface area contributed by atoms with Gasteiger partial charge < -0.3 is 0 Å². The average Bonchev–Trinajstić information content (AvgIpc) is 2.82. The second kappa shape index (κ2) is 4.38. The molecule has 0 aliphatic rings. The Labute approximate surface area is 113 Å². The first-order valence-corrected chi connectivity index (χ1v) is 6.30. The van der Waals surface area contributed by atoms with Crippen LogP contribution in [0.2, 0.25) is 0 Å². The molecular formula is C14H10BrN3. The normalized spacial score (nSPS) is 10.7. The third-order valence-corrected chi connectivity index (χ3v) is 3.24. The molecule has 0 aliphatic carbocycles. The van der Waals surface area contributed by atoms with Crippen molar-refractivity contribution >= 4 is 27.7 Å². The molecule has 0 unspecified atom stereocenters. The first-order valence-electron chi connectivity index (χ1n) is 5.51. The van der Waals surface area contributed by atoms with Crippen molar-refractivity contribution in [3.05, 3.63) is 59.2 Å². The number of nitrogens with zero attached hydrogens (tertiary/aromatic N) is 3. The van der Waals surface area contributed by atoms with Crippen LogP contribution in [-0.2, 0) is 0 Å². The summed E-state index contributed by atoms with van der Waals surface area (Å²) >= 11 is 3.46. The molecule has 3 rings (SSSR count). The molecule has 3 aromatic rings. The van der Waals surface area contributed by atoms with Gasteiger partial charge in [0.25, 0.3) is 0 Å². The predicted molar refractivity (Wildman–Crippen MR) is 76.2 cm³/mol. The first kappa shape index (κ1) is 11.2. The second-order valence-electron chi connectivity index (χ2n) is 3.93. The van der Waals surface area contributed by atoms with Crippen LogP contribution in [0.4, 0.5) is 0 Å². The lowest BCUT2D eigenvalue weighted by Crippen LogP contribution is -1.89. The molecule has 2 aromatic heterocycles. The third kappa shape index (κ3) is 1.84. The summed E-state index contributed by atoms with van der Waals surface area (Å²) in [6.45, 7) is 3.75. The Bertz CT molecular complexity index is 713. The molecule has 0 spiro atoms. The van der Waals surface area contributed by atoms with E-state index in [2.05, 4.69) is 32.7 Å². The summed E-state index contributed by atoms with van der Waals surface area (Å²) in [7, 11) is 0. The Morgan fingerprint density at radius 3 is 2.56 bits per heavy atom. The van der Waals surface area contributed by atoms with Gasteiger partial charge in [-0.3, -0.25) is 4.40 Å². The monoisotopic (exact) mass is 299 g/mol. The molecule has 0 N–H and O–H groups in total. The maximum atomic E-state index is 4.23. The zero-order valence-corrected chi connectivity index (χ0v) is 11.1. The predicted octanol–water partition coefficient (Wildman–Crippen LogP) is 3.80. The Kier molecular flexibility index (Phi) is 2.72. The third-order valence-electron chi connectivity index (χ3n) is 2.77. The van der Waals surface area contributed by atoms with Crippen molar-refractivity contribution < 1.29 is 0 Å². The molecule has 0 saturated heterocycles. The molecule has 88 valence electrons. The number of hydrogen-bond donors (Lipinski definition) is 0. The van der Waals surface area contributed by atoms with E-state index in [4.69, 9.17) is 0 Å². The molecule has 0 bridgehead atoms. The molecule has 0 radical (unpaired) electrons. The van der Waals surface area contributed by atoms with Gasteiger partial charge in [-0.2, -0.15) is 0 Å². The largest absolute Gasteiger partial charge is 0.281 e. The molecule has 2 heterocycles. The van der Waals surface area contributed by atoms with Gasteiger partial charge >= 0.3 is 0 Å². The Hall–Kier alpha value is -1.94. The minimum Gasteiger partial charge on any atom is -0.281 e. The van der Waals surface area contributed by atoms with Gasteiger partial charge in [-0.05, 0) is 33.6 Å². The van der Waals surface area contributed by atoms with E-state index in [9.17, 15) is 0 Å². The summed E-state index contributed by atoms with van der Waals surface area (Å²) < 4.78 is 2.96. The van der Waals surface area contributed by atoms with Crippen molar-refractivity contribution in [2.24, 2.45) is 0 Å². The van der Waals surface area contributed by atoms with E-state index in [0.717, 1.165) is 27.1 Å². The van der Waals surface area contributed by atoms with Gasteiger partial charge in [-0.25, -0.2) is 0 Å². The SMILES string of the molecule is C=Cc1ccc(-c2nnc3ccc(Br)cn23)cc1. The summed E-state index contributed by atoms with van der Waals surface area (Å²) in [6.07, 6.45) is 3.79. The second-order valence-corrected chi connectivity index (χ2v) is 4.84. The number of benzene rings is 1. The smallest absolute Gasteiger partial charge is 0.168 e. The fourth-order valence-corrected chi connectivity index (χ4v) is 2.17. The average molecular weight is 300 g/mol. The summed E-state index contributed by atoms with van der Waals surface area (Å²) in [5.41, 5.74) is 2.96. The van der Waals surface area contributed by atoms with Gasteiger partial charge in [0.05, 0.1) is 0 Å². The molecule has 0 aliphatic heterocycles. The molecule has 0 fully saturated rings. The number of rotatable bonds is 2. The maximum absolute atomic E-state index is 4.23. The van der Waals surface area contributed by atoms with Crippen LogP contribution in [0.25, 0.3) is 23.1 Å². The van der Waals surface area contributed by atoms with E-state index in [1.807, 2.05) is 53.1 Å². The minimum atomic E-state index is 0.834. The van der Waals surface area contributed by atoms with Crippen LogP contribution in [0.15, 0.2) is 53.6 Å². The number of fused-ring (bicyclic) bond motifs is 1. The number of hydrogen-bond acceptors (Lipinski definition) is 2. The number of halogens is 1. The van der Waals surface area contributed by atoms with Crippen LogP contribution in [-0.4, -0.2) is 14.6 Å². The minimum absolute atomic E-state index is 0.834. The fraction of sp³-hybridized carbons (Fsp3) is 0. The lowest BCUT2D eigenvalue weighted by atomic mass is 10.1. The van der Waals surface area contributed by atoms with Crippen molar-refractivity contribution in [1.82, 2.24) is 14.6 Å². The fourth-order valence-electron chi connectivity index (χ4n) is 1.83. The lowest BCUT2D eigenvalue weighted by molar-refractivity contribution is 1.11. The maximum Gasteiger partial charge on any atom is 0.168 e. The lowest BCUT2D eigenvalue weighted by Gasteiger charge is -2.01. The van der Waals surface area contributed by atoms with Gasteiger partial charge in [0.2, 0.25) is 0 Å². The summed E-state index contributed by atoms with van der Waals surface area (Å²) in [4.78, 5) is 0.